The Morgan fingerprint density at radius 2 is 1.81 bits per heavy atom. The molecule has 3 rings (SSSR count). The number of benzene rings is 1. The summed E-state index contributed by atoms with van der Waals surface area (Å²) in [4.78, 5) is 17.2. The number of rotatable bonds is 5. The molecule has 0 aromatic heterocycles. The van der Waals surface area contributed by atoms with Gasteiger partial charge >= 0.3 is 0 Å². The van der Waals surface area contributed by atoms with Gasteiger partial charge in [-0.3, -0.25) is 4.79 Å². The molecule has 0 unspecified atom stereocenters. The normalized spacial score (nSPS) is 19.6. The van der Waals surface area contributed by atoms with E-state index in [1.54, 1.807) is 7.11 Å². The zero-order valence-corrected chi connectivity index (χ0v) is 16.9. The summed E-state index contributed by atoms with van der Waals surface area (Å²) in [6.07, 6.45) is 2.18. The lowest BCUT2D eigenvalue weighted by atomic mass is 10.1. The van der Waals surface area contributed by atoms with Crippen molar-refractivity contribution < 1.29 is 14.3 Å². The third-order valence-electron chi connectivity index (χ3n) is 5.21. The summed E-state index contributed by atoms with van der Waals surface area (Å²) in [5.74, 6) is 3.50. The van der Waals surface area contributed by atoms with Gasteiger partial charge in [-0.1, -0.05) is 0 Å². The zero-order valence-electron chi connectivity index (χ0n) is 16.1. The number of piperidine rings is 1. The minimum absolute atomic E-state index is 0.0902. The van der Waals surface area contributed by atoms with Crippen molar-refractivity contribution in [3.8, 4) is 11.5 Å². The molecule has 2 fully saturated rings. The molecule has 2 aliphatic rings. The van der Waals surface area contributed by atoms with E-state index in [4.69, 9.17) is 9.47 Å². The van der Waals surface area contributed by atoms with Gasteiger partial charge in [-0.25, -0.2) is 0 Å². The summed E-state index contributed by atoms with van der Waals surface area (Å²) in [5, 5.41) is 0. The molecule has 1 amide bonds. The van der Waals surface area contributed by atoms with Gasteiger partial charge in [0, 0.05) is 49.3 Å². The van der Waals surface area contributed by atoms with Gasteiger partial charge in [-0.2, -0.15) is 11.8 Å². The van der Waals surface area contributed by atoms with Gasteiger partial charge in [0.15, 0.2) is 11.5 Å². The maximum Gasteiger partial charge on any atom is 0.254 e. The van der Waals surface area contributed by atoms with E-state index in [-0.39, 0.29) is 12.0 Å². The first-order valence-electron chi connectivity index (χ1n) is 9.54. The van der Waals surface area contributed by atoms with Gasteiger partial charge in [0.1, 0.15) is 6.10 Å². The summed E-state index contributed by atoms with van der Waals surface area (Å²) < 4.78 is 11.7. The highest BCUT2D eigenvalue weighted by Crippen LogP contribution is 2.31. The second-order valence-corrected chi connectivity index (χ2v) is 8.44. The average Bonchev–Trinajstić information content (AvgIpc) is 2.68. The third-order valence-corrected chi connectivity index (χ3v) is 6.15. The number of carbonyl (C=O) groups excluding carboxylic acids is 1. The van der Waals surface area contributed by atoms with Crippen LogP contribution in [0.1, 0.15) is 37.0 Å². The fraction of sp³-hybridized carbons (Fsp3) is 0.650. The summed E-state index contributed by atoms with van der Waals surface area (Å²) in [6.45, 7) is 8.21. The standard InChI is InChI=1S/C20H30N2O3S/c1-15(2)21-8-6-17(7-9-21)25-19-14-16(4-5-18(19)24-3)20(23)22-10-12-26-13-11-22/h4-5,14-15,17H,6-13H2,1-3H3. The number of methoxy groups -OCH3 is 1. The van der Waals surface area contributed by atoms with Crippen molar-refractivity contribution in [2.24, 2.45) is 0 Å². The van der Waals surface area contributed by atoms with Crippen molar-refractivity contribution in [3.63, 3.8) is 0 Å². The Hall–Kier alpha value is -1.40. The molecule has 0 radical (unpaired) electrons. The molecule has 1 aromatic carbocycles. The minimum atomic E-state index is 0.0902. The monoisotopic (exact) mass is 378 g/mol. The van der Waals surface area contributed by atoms with Crippen LogP contribution in [0.4, 0.5) is 0 Å². The van der Waals surface area contributed by atoms with Crippen molar-refractivity contribution in [1.29, 1.82) is 0 Å². The Balaban J connectivity index is 1.69. The van der Waals surface area contributed by atoms with Crippen LogP contribution in [-0.2, 0) is 0 Å². The molecule has 2 aliphatic heterocycles. The van der Waals surface area contributed by atoms with Crippen LogP contribution in [0.15, 0.2) is 18.2 Å². The highest BCUT2D eigenvalue weighted by atomic mass is 32.2. The molecule has 0 spiro atoms. The van der Waals surface area contributed by atoms with Crippen LogP contribution in [0.2, 0.25) is 0 Å². The van der Waals surface area contributed by atoms with Crippen molar-refractivity contribution in [2.75, 3.05) is 44.8 Å². The van der Waals surface area contributed by atoms with Gasteiger partial charge in [0.25, 0.3) is 5.91 Å². The maximum atomic E-state index is 12.8. The topological polar surface area (TPSA) is 42.0 Å². The van der Waals surface area contributed by atoms with E-state index in [1.165, 1.54) is 0 Å². The van der Waals surface area contributed by atoms with E-state index >= 15 is 0 Å². The number of likely N-dealkylation sites (tertiary alicyclic amines) is 1. The molecule has 2 saturated heterocycles. The van der Waals surface area contributed by atoms with E-state index in [9.17, 15) is 4.79 Å². The van der Waals surface area contributed by atoms with E-state index in [0.717, 1.165) is 50.5 Å². The molecule has 0 N–H and O–H groups in total. The molecular weight excluding hydrogens is 348 g/mol. The minimum Gasteiger partial charge on any atom is -0.493 e. The second-order valence-electron chi connectivity index (χ2n) is 7.22. The quantitative estimate of drug-likeness (QED) is 0.787. The molecule has 0 atom stereocenters. The van der Waals surface area contributed by atoms with Crippen molar-refractivity contribution in [1.82, 2.24) is 9.80 Å². The van der Waals surface area contributed by atoms with Gasteiger partial charge in [-0.05, 0) is 44.9 Å². The van der Waals surface area contributed by atoms with Crippen LogP contribution in [-0.4, -0.2) is 72.6 Å². The van der Waals surface area contributed by atoms with Gasteiger partial charge in [0.2, 0.25) is 0 Å². The summed E-state index contributed by atoms with van der Waals surface area (Å²) in [7, 11) is 1.65. The molecular formula is C20H30N2O3S. The number of amides is 1. The molecule has 1 aromatic rings. The lowest BCUT2D eigenvalue weighted by Gasteiger charge is -2.34. The first-order valence-corrected chi connectivity index (χ1v) is 10.7. The van der Waals surface area contributed by atoms with Crippen molar-refractivity contribution >= 4 is 17.7 Å². The molecule has 0 aliphatic carbocycles. The number of carbonyl (C=O) groups is 1. The average molecular weight is 379 g/mol. The fourth-order valence-corrected chi connectivity index (χ4v) is 4.44. The highest BCUT2D eigenvalue weighted by molar-refractivity contribution is 7.99. The van der Waals surface area contributed by atoms with E-state index in [1.807, 2.05) is 34.9 Å². The number of ether oxygens (including phenoxy) is 2. The maximum absolute atomic E-state index is 12.8. The summed E-state index contributed by atoms with van der Waals surface area (Å²) in [6, 6.07) is 6.13. The van der Waals surface area contributed by atoms with Crippen LogP contribution in [0, 0.1) is 0 Å². The summed E-state index contributed by atoms with van der Waals surface area (Å²) in [5.41, 5.74) is 0.687. The SMILES string of the molecule is COc1ccc(C(=O)N2CCSCC2)cc1OC1CCN(C(C)C)CC1. The Labute approximate surface area is 161 Å². The molecule has 0 bridgehead atoms. The van der Waals surface area contributed by atoms with E-state index < -0.39 is 0 Å². The Morgan fingerprint density at radius 3 is 2.42 bits per heavy atom. The Bertz CT molecular complexity index is 609. The number of nitrogens with zero attached hydrogens (tertiary/aromatic N) is 2. The Kier molecular flexibility index (Phi) is 6.70. The number of hydrogen-bond donors (Lipinski definition) is 0. The first kappa shape index (κ1) is 19.4. The van der Waals surface area contributed by atoms with E-state index in [2.05, 4.69) is 18.7 Å². The van der Waals surface area contributed by atoms with Crippen molar-refractivity contribution in [3.05, 3.63) is 23.8 Å². The van der Waals surface area contributed by atoms with Gasteiger partial charge in [0.05, 0.1) is 7.11 Å². The molecule has 2 heterocycles. The lowest BCUT2D eigenvalue weighted by Crippen LogP contribution is -2.41. The highest BCUT2D eigenvalue weighted by Gasteiger charge is 2.24. The van der Waals surface area contributed by atoms with E-state index in [0.29, 0.717) is 23.1 Å². The van der Waals surface area contributed by atoms with Crippen LogP contribution >= 0.6 is 11.8 Å². The predicted octanol–water partition coefficient (Wildman–Crippen LogP) is 3.14. The van der Waals surface area contributed by atoms with Crippen LogP contribution in [0.3, 0.4) is 0 Å². The first-order chi connectivity index (χ1) is 12.6. The zero-order chi connectivity index (χ0) is 18.5. The van der Waals surface area contributed by atoms with Crippen molar-refractivity contribution in [2.45, 2.75) is 38.8 Å². The largest absolute Gasteiger partial charge is 0.493 e. The number of hydrogen-bond acceptors (Lipinski definition) is 5. The molecule has 144 valence electrons. The van der Waals surface area contributed by atoms with Gasteiger partial charge < -0.3 is 19.3 Å². The molecule has 6 heteroatoms. The third kappa shape index (κ3) is 4.65. The van der Waals surface area contributed by atoms with Crippen LogP contribution < -0.4 is 9.47 Å². The fourth-order valence-electron chi connectivity index (χ4n) is 3.54. The smallest absolute Gasteiger partial charge is 0.254 e. The lowest BCUT2D eigenvalue weighted by molar-refractivity contribution is 0.0762. The van der Waals surface area contributed by atoms with Gasteiger partial charge in [-0.15, -0.1) is 0 Å². The predicted molar refractivity (Wildman–Crippen MR) is 107 cm³/mol. The van der Waals surface area contributed by atoms with Crippen LogP contribution in [0.25, 0.3) is 0 Å². The Morgan fingerprint density at radius 1 is 1.12 bits per heavy atom. The number of thioether (sulfide) groups is 1. The molecule has 5 nitrogen and oxygen atoms in total. The van der Waals surface area contributed by atoms with Crippen LogP contribution in [0.5, 0.6) is 11.5 Å². The second kappa shape index (κ2) is 9.00. The molecule has 26 heavy (non-hydrogen) atoms. The summed E-state index contributed by atoms with van der Waals surface area (Å²) >= 11 is 1.90. The molecule has 0 saturated carbocycles.